The number of benzene rings is 3. The zero-order chi connectivity index (χ0) is 24.1. The summed E-state index contributed by atoms with van der Waals surface area (Å²) in [5, 5.41) is 6.52. The van der Waals surface area contributed by atoms with Crippen LogP contribution >= 0.6 is 11.6 Å². The molecule has 0 bridgehead atoms. The highest BCUT2D eigenvalue weighted by Crippen LogP contribution is 2.36. The predicted octanol–water partition coefficient (Wildman–Crippen LogP) is 6.46. The third-order valence-corrected chi connectivity index (χ3v) is 5.81. The second kappa shape index (κ2) is 10.4. The van der Waals surface area contributed by atoms with Crippen LogP contribution in [0.15, 0.2) is 90.1 Å². The minimum atomic E-state index is -0.174. The SMILES string of the molecule is C=CCc1cc(/C=C2/C(=O)N(c3ccccc3)N=C2C)cc(OC)c1OCc1ccccc1Cl. The molecule has 1 amide bonds. The number of carbonyl (C=O) groups is 1. The van der Waals surface area contributed by atoms with Crippen LogP contribution in [-0.4, -0.2) is 18.7 Å². The monoisotopic (exact) mass is 472 g/mol. The van der Waals surface area contributed by atoms with E-state index < -0.39 is 0 Å². The highest BCUT2D eigenvalue weighted by molar-refractivity contribution is 6.32. The lowest BCUT2D eigenvalue weighted by molar-refractivity contribution is -0.114. The summed E-state index contributed by atoms with van der Waals surface area (Å²) in [6.07, 6.45) is 4.21. The first-order chi connectivity index (χ1) is 16.5. The van der Waals surface area contributed by atoms with Crippen molar-refractivity contribution in [1.82, 2.24) is 0 Å². The number of hydrogen-bond acceptors (Lipinski definition) is 4. The van der Waals surface area contributed by atoms with Gasteiger partial charge in [-0.15, -0.1) is 6.58 Å². The molecule has 0 fully saturated rings. The Morgan fingerprint density at radius 2 is 1.79 bits per heavy atom. The second-order valence-corrected chi connectivity index (χ2v) is 8.19. The van der Waals surface area contributed by atoms with Crippen molar-refractivity contribution in [1.29, 1.82) is 0 Å². The smallest absolute Gasteiger partial charge is 0.280 e. The molecule has 5 nitrogen and oxygen atoms in total. The van der Waals surface area contributed by atoms with Crippen molar-refractivity contribution in [2.24, 2.45) is 5.10 Å². The summed E-state index contributed by atoms with van der Waals surface area (Å²) >= 11 is 6.29. The van der Waals surface area contributed by atoms with Gasteiger partial charge in [-0.05, 0) is 55.3 Å². The number of allylic oxidation sites excluding steroid dienone is 1. The fourth-order valence-electron chi connectivity index (χ4n) is 3.75. The van der Waals surface area contributed by atoms with Gasteiger partial charge in [0.25, 0.3) is 5.91 Å². The Balaban J connectivity index is 1.66. The van der Waals surface area contributed by atoms with Crippen LogP contribution in [0.2, 0.25) is 5.02 Å². The van der Waals surface area contributed by atoms with Crippen molar-refractivity contribution in [2.45, 2.75) is 20.0 Å². The molecule has 0 radical (unpaired) electrons. The molecule has 3 aromatic carbocycles. The van der Waals surface area contributed by atoms with Crippen molar-refractivity contribution in [3.05, 3.63) is 107 Å². The van der Waals surface area contributed by atoms with Gasteiger partial charge in [0.15, 0.2) is 11.5 Å². The minimum Gasteiger partial charge on any atom is -0.493 e. The summed E-state index contributed by atoms with van der Waals surface area (Å²) < 4.78 is 11.8. The molecule has 1 aliphatic rings. The van der Waals surface area contributed by atoms with Gasteiger partial charge in [0.05, 0.1) is 24.1 Å². The van der Waals surface area contributed by atoms with Crippen LogP contribution in [0.1, 0.15) is 23.6 Å². The Labute approximate surface area is 204 Å². The van der Waals surface area contributed by atoms with Crippen molar-refractivity contribution in [3.8, 4) is 11.5 Å². The van der Waals surface area contributed by atoms with E-state index in [0.29, 0.717) is 40.8 Å². The lowest BCUT2D eigenvalue weighted by Crippen LogP contribution is -2.21. The fourth-order valence-corrected chi connectivity index (χ4v) is 3.94. The molecule has 4 rings (SSSR count). The van der Waals surface area contributed by atoms with E-state index in [1.54, 1.807) is 13.2 Å². The molecule has 1 heterocycles. The maximum Gasteiger partial charge on any atom is 0.280 e. The second-order valence-electron chi connectivity index (χ2n) is 7.78. The maximum atomic E-state index is 13.1. The van der Waals surface area contributed by atoms with Crippen LogP contribution < -0.4 is 14.5 Å². The van der Waals surface area contributed by atoms with Crippen LogP contribution in [0.5, 0.6) is 11.5 Å². The molecule has 6 heteroatoms. The average Bonchev–Trinajstić information content (AvgIpc) is 3.13. The third-order valence-electron chi connectivity index (χ3n) is 5.44. The molecule has 3 aromatic rings. The molecule has 0 unspecified atom stereocenters. The largest absolute Gasteiger partial charge is 0.493 e. The van der Waals surface area contributed by atoms with E-state index in [-0.39, 0.29) is 5.91 Å². The van der Waals surface area contributed by atoms with Gasteiger partial charge in [-0.2, -0.15) is 10.1 Å². The van der Waals surface area contributed by atoms with E-state index >= 15 is 0 Å². The van der Waals surface area contributed by atoms with Gasteiger partial charge >= 0.3 is 0 Å². The predicted molar refractivity (Wildman–Crippen MR) is 138 cm³/mol. The van der Waals surface area contributed by atoms with Crippen LogP contribution in [0.3, 0.4) is 0 Å². The number of hydrazone groups is 1. The Kier molecular flexibility index (Phi) is 7.14. The number of halogens is 1. The van der Waals surface area contributed by atoms with Crippen LogP contribution in [-0.2, 0) is 17.8 Å². The van der Waals surface area contributed by atoms with Crippen molar-refractivity contribution >= 4 is 35.0 Å². The molecule has 34 heavy (non-hydrogen) atoms. The van der Waals surface area contributed by atoms with E-state index in [4.69, 9.17) is 21.1 Å². The highest BCUT2D eigenvalue weighted by Gasteiger charge is 2.28. The normalized spacial score (nSPS) is 14.3. The first kappa shape index (κ1) is 23.3. The quantitative estimate of drug-likeness (QED) is 0.279. The number of rotatable bonds is 8. The molecule has 0 N–H and O–H groups in total. The van der Waals surface area contributed by atoms with Gasteiger partial charge in [0.1, 0.15) is 6.61 Å². The number of amides is 1. The van der Waals surface area contributed by atoms with E-state index in [0.717, 1.165) is 22.4 Å². The fraction of sp³-hybridized carbons (Fsp3) is 0.143. The Bertz CT molecular complexity index is 1280. The van der Waals surface area contributed by atoms with Gasteiger partial charge in [-0.25, -0.2) is 0 Å². The average molecular weight is 473 g/mol. The Hall–Kier alpha value is -3.83. The molecule has 0 spiro atoms. The molecule has 0 atom stereocenters. The number of hydrogen-bond donors (Lipinski definition) is 0. The van der Waals surface area contributed by atoms with E-state index in [1.807, 2.05) is 79.7 Å². The molecular weight excluding hydrogens is 448 g/mol. The summed E-state index contributed by atoms with van der Waals surface area (Å²) in [5.74, 6) is 1.02. The lowest BCUT2D eigenvalue weighted by Gasteiger charge is -2.16. The zero-order valence-electron chi connectivity index (χ0n) is 19.1. The Morgan fingerprint density at radius 3 is 2.50 bits per heavy atom. The number of para-hydroxylation sites is 1. The number of methoxy groups -OCH3 is 1. The highest BCUT2D eigenvalue weighted by atomic mass is 35.5. The molecule has 1 aliphatic heterocycles. The number of anilines is 1. The van der Waals surface area contributed by atoms with Crippen LogP contribution in [0, 0.1) is 0 Å². The van der Waals surface area contributed by atoms with Gasteiger partial charge < -0.3 is 9.47 Å². The first-order valence-corrected chi connectivity index (χ1v) is 11.2. The summed E-state index contributed by atoms with van der Waals surface area (Å²) in [6.45, 7) is 6.00. The molecule has 0 saturated heterocycles. The molecular formula is C28H25ClN2O3. The van der Waals surface area contributed by atoms with E-state index in [2.05, 4.69) is 11.7 Å². The number of carbonyl (C=O) groups excluding carboxylic acids is 1. The minimum absolute atomic E-state index is 0.174. The zero-order valence-corrected chi connectivity index (χ0v) is 19.9. The van der Waals surface area contributed by atoms with E-state index in [1.165, 1.54) is 5.01 Å². The first-order valence-electron chi connectivity index (χ1n) is 10.9. The standard InChI is InChI=1S/C28H25ClN2O3/c1-4-10-21-15-20(16-24-19(2)30-31(28(24)32)23-12-6-5-7-13-23)17-26(33-3)27(21)34-18-22-11-8-9-14-25(22)29/h4-9,11-17H,1,10,18H2,2-3H3/b24-16+. The molecule has 172 valence electrons. The Morgan fingerprint density at radius 1 is 1.06 bits per heavy atom. The van der Waals surface area contributed by atoms with Crippen molar-refractivity contribution < 1.29 is 14.3 Å². The van der Waals surface area contributed by atoms with Gasteiger partial charge in [-0.1, -0.05) is 54.1 Å². The van der Waals surface area contributed by atoms with Gasteiger partial charge in [-0.3, -0.25) is 4.79 Å². The molecule has 0 aromatic heterocycles. The summed E-state index contributed by atoms with van der Waals surface area (Å²) in [4.78, 5) is 13.1. The van der Waals surface area contributed by atoms with Crippen LogP contribution in [0.25, 0.3) is 6.08 Å². The number of nitrogens with zero attached hydrogens (tertiary/aromatic N) is 2. The van der Waals surface area contributed by atoms with Crippen molar-refractivity contribution in [2.75, 3.05) is 12.1 Å². The molecule has 0 saturated carbocycles. The van der Waals surface area contributed by atoms with Gasteiger partial charge in [0.2, 0.25) is 0 Å². The lowest BCUT2D eigenvalue weighted by atomic mass is 10.0. The third kappa shape index (κ3) is 4.90. The van der Waals surface area contributed by atoms with Crippen molar-refractivity contribution in [3.63, 3.8) is 0 Å². The topological polar surface area (TPSA) is 51.1 Å². The summed E-state index contributed by atoms with van der Waals surface area (Å²) in [6, 6.07) is 20.8. The summed E-state index contributed by atoms with van der Waals surface area (Å²) in [5.41, 5.74) is 4.49. The van der Waals surface area contributed by atoms with Crippen LogP contribution in [0.4, 0.5) is 5.69 Å². The maximum absolute atomic E-state index is 13.1. The van der Waals surface area contributed by atoms with Gasteiger partial charge in [0, 0.05) is 16.1 Å². The summed E-state index contributed by atoms with van der Waals surface area (Å²) in [7, 11) is 1.59. The molecule has 0 aliphatic carbocycles. The van der Waals surface area contributed by atoms with E-state index in [9.17, 15) is 4.79 Å². The number of ether oxygens (including phenoxy) is 2.